The second-order valence-corrected chi connectivity index (χ2v) is 7.11. The number of nitrogens with one attached hydrogen (secondary N) is 1. The van der Waals surface area contributed by atoms with E-state index in [2.05, 4.69) is 14.9 Å². The number of amides is 1. The third-order valence-corrected chi connectivity index (χ3v) is 4.14. The number of aliphatic hydroxyl groups excluding tert-OH is 1. The lowest BCUT2D eigenvalue weighted by Crippen LogP contribution is -2.47. The number of rotatable bonds is 2. The molecule has 1 aliphatic carbocycles. The topological polar surface area (TPSA) is 76.4 Å². The molecule has 6 heteroatoms. The van der Waals surface area contributed by atoms with Gasteiger partial charge in [-0.05, 0) is 53.9 Å². The fourth-order valence-electron chi connectivity index (χ4n) is 2.91. The molecule has 1 fully saturated rings. The highest BCUT2D eigenvalue weighted by molar-refractivity contribution is 5.68. The van der Waals surface area contributed by atoms with Crippen LogP contribution in [0.3, 0.4) is 0 Å². The first-order valence-corrected chi connectivity index (χ1v) is 7.85. The van der Waals surface area contributed by atoms with E-state index < -0.39 is 11.7 Å². The molecule has 124 valence electrons. The quantitative estimate of drug-likeness (QED) is 0.880. The Morgan fingerprint density at radius 1 is 1.41 bits per heavy atom. The smallest absolute Gasteiger partial charge is 0.407 e. The maximum absolute atomic E-state index is 12.1. The maximum Gasteiger partial charge on any atom is 0.407 e. The number of hydrogen-bond donors (Lipinski definition) is 2. The maximum atomic E-state index is 12.1. The van der Waals surface area contributed by atoms with Gasteiger partial charge in [-0.1, -0.05) is 0 Å². The zero-order valence-corrected chi connectivity index (χ0v) is 14.1. The van der Waals surface area contributed by atoms with Gasteiger partial charge in [-0.3, -0.25) is 0 Å². The van der Waals surface area contributed by atoms with Gasteiger partial charge in [0, 0.05) is 5.69 Å². The number of hydrogen-bond acceptors (Lipinski definition) is 4. The van der Waals surface area contributed by atoms with E-state index in [-0.39, 0.29) is 18.2 Å². The molecule has 2 N–H and O–H groups in total. The molecule has 0 aliphatic heterocycles. The van der Waals surface area contributed by atoms with Gasteiger partial charge in [-0.2, -0.15) is 0 Å². The zero-order chi connectivity index (χ0) is 16.5. The van der Waals surface area contributed by atoms with Crippen molar-refractivity contribution in [2.75, 3.05) is 0 Å². The van der Waals surface area contributed by atoms with Crippen LogP contribution in [0, 0.1) is 13.8 Å². The van der Waals surface area contributed by atoms with E-state index in [1.807, 2.05) is 34.6 Å². The third-order valence-electron chi connectivity index (χ3n) is 4.14. The van der Waals surface area contributed by atoms with Crippen molar-refractivity contribution in [3.05, 3.63) is 17.7 Å². The van der Waals surface area contributed by atoms with Crippen LogP contribution in [0.2, 0.25) is 0 Å². The molecule has 1 saturated carbocycles. The molecule has 2 rings (SSSR count). The van der Waals surface area contributed by atoms with Crippen LogP contribution in [0.4, 0.5) is 4.79 Å². The molecule has 3 atom stereocenters. The number of imidazole rings is 1. The molecule has 1 aromatic rings. The Labute approximate surface area is 131 Å². The van der Waals surface area contributed by atoms with Gasteiger partial charge in [-0.15, -0.1) is 0 Å². The van der Waals surface area contributed by atoms with Gasteiger partial charge in [0.05, 0.1) is 30.2 Å². The summed E-state index contributed by atoms with van der Waals surface area (Å²) in [6.07, 6.45) is 3.05. The van der Waals surface area contributed by atoms with Crippen LogP contribution >= 0.6 is 0 Å². The number of carbonyl (C=O) groups is 1. The van der Waals surface area contributed by atoms with Crippen LogP contribution < -0.4 is 5.32 Å². The Balaban J connectivity index is 2.14. The third kappa shape index (κ3) is 4.00. The van der Waals surface area contributed by atoms with Gasteiger partial charge in [0.25, 0.3) is 0 Å². The predicted octanol–water partition coefficient (Wildman–Crippen LogP) is 2.48. The van der Waals surface area contributed by atoms with Crippen molar-refractivity contribution in [3.63, 3.8) is 0 Å². The minimum absolute atomic E-state index is 0.00234. The highest BCUT2D eigenvalue weighted by Crippen LogP contribution is 2.31. The first-order chi connectivity index (χ1) is 10.2. The van der Waals surface area contributed by atoms with Crippen molar-refractivity contribution >= 4 is 6.09 Å². The second kappa shape index (κ2) is 6.28. The summed E-state index contributed by atoms with van der Waals surface area (Å²) in [5, 5.41) is 13.0. The summed E-state index contributed by atoms with van der Waals surface area (Å²) >= 11 is 0. The molecule has 6 nitrogen and oxygen atoms in total. The molecule has 0 saturated heterocycles. The molecular formula is C16H27N3O3. The van der Waals surface area contributed by atoms with Gasteiger partial charge in [0.2, 0.25) is 0 Å². The van der Waals surface area contributed by atoms with Crippen molar-refractivity contribution in [2.45, 2.75) is 77.7 Å². The molecule has 1 heterocycles. The van der Waals surface area contributed by atoms with Crippen LogP contribution in [0.1, 0.15) is 57.5 Å². The average molecular weight is 309 g/mol. The van der Waals surface area contributed by atoms with Crippen LogP contribution in [0.15, 0.2) is 6.33 Å². The number of alkyl carbamates (subject to hydrolysis) is 1. The second-order valence-electron chi connectivity index (χ2n) is 7.11. The summed E-state index contributed by atoms with van der Waals surface area (Å²) < 4.78 is 7.40. The van der Waals surface area contributed by atoms with Gasteiger partial charge < -0.3 is 19.7 Å². The molecule has 22 heavy (non-hydrogen) atoms. The van der Waals surface area contributed by atoms with Crippen molar-refractivity contribution in [1.82, 2.24) is 14.9 Å². The summed E-state index contributed by atoms with van der Waals surface area (Å²) in [6, 6.07) is -0.0666. The van der Waals surface area contributed by atoms with Crippen LogP contribution in [0.5, 0.6) is 0 Å². The normalized spacial score (nSPS) is 25.8. The molecule has 0 bridgehead atoms. The predicted molar refractivity (Wildman–Crippen MR) is 83.8 cm³/mol. The first-order valence-electron chi connectivity index (χ1n) is 7.85. The number of carbonyl (C=O) groups excluding carboxylic acids is 1. The monoisotopic (exact) mass is 309 g/mol. The molecule has 1 aliphatic rings. The van der Waals surface area contributed by atoms with Crippen LogP contribution in [0.25, 0.3) is 0 Å². The molecule has 1 amide bonds. The van der Waals surface area contributed by atoms with Crippen molar-refractivity contribution in [3.8, 4) is 0 Å². The Morgan fingerprint density at radius 3 is 2.64 bits per heavy atom. The van der Waals surface area contributed by atoms with E-state index in [9.17, 15) is 9.90 Å². The molecule has 3 unspecified atom stereocenters. The number of aromatic nitrogens is 2. The van der Waals surface area contributed by atoms with E-state index in [0.29, 0.717) is 12.8 Å². The van der Waals surface area contributed by atoms with Crippen molar-refractivity contribution < 1.29 is 14.6 Å². The molecule has 1 aromatic heterocycles. The van der Waals surface area contributed by atoms with Gasteiger partial charge in [0.1, 0.15) is 5.60 Å². The van der Waals surface area contributed by atoms with Crippen LogP contribution in [-0.4, -0.2) is 38.5 Å². The lowest BCUT2D eigenvalue weighted by molar-refractivity contribution is 0.0396. The first kappa shape index (κ1) is 16.8. The van der Waals surface area contributed by atoms with E-state index >= 15 is 0 Å². The van der Waals surface area contributed by atoms with Crippen molar-refractivity contribution in [1.29, 1.82) is 0 Å². The fraction of sp³-hybridized carbons (Fsp3) is 0.750. The van der Waals surface area contributed by atoms with E-state index in [0.717, 1.165) is 17.8 Å². The molecule has 0 radical (unpaired) electrons. The Hall–Kier alpha value is -1.56. The lowest BCUT2D eigenvalue weighted by Gasteiger charge is -2.36. The van der Waals surface area contributed by atoms with Gasteiger partial charge in [-0.25, -0.2) is 9.78 Å². The number of aliphatic hydroxyl groups is 1. The summed E-state index contributed by atoms with van der Waals surface area (Å²) in [4.78, 5) is 16.4. The number of ether oxygens (including phenoxy) is 1. The number of aryl methyl sites for hydroxylation is 1. The summed E-state index contributed by atoms with van der Waals surface area (Å²) in [6.45, 7) is 9.50. The summed E-state index contributed by atoms with van der Waals surface area (Å²) in [5.74, 6) is 0. The largest absolute Gasteiger partial charge is 0.444 e. The summed E-state index contributed by atoms with van der Waals surface area (Å²) in [5.41, 5.74) is 1.51. The lowest BCUT2D eigenvalue weighted by atomic mass is 9.88. The zero-order valence-electron chi connectivity index (χ0n) is 14.1. The summed E-state index contributed by atoms with van der Waals surface area (Å²) in [7, 11) is 0. The van der Waals surface area contributed by atoms with Crippen LogP contribution in [-0.2, 0) is 4.74 Å². The van der Waals surface area contributed by atoms with E-state index in [1.165, 1.54) is 0 Å². The molecule has 0 aromatic carbocycles. The Bertz CT molecular complexity index is 533. The molecule has 0 spiro atoms. The van der Waals surface area contributed by atoms with E-state index in [4.69, 9.17) is 4.74 Å². The van der Waals surface area contributed by atoms with Crippen molar-refractivity contribution in [2.24, 2.45) is 0 Å². The number of nitrogens with zero attached hydrogens (tertiary/aromatic N) is 2. The average Bonchev–Trinajstić information content (AvgIpc) is 2.70. The minimum atomic E-state index is -0.519. The standard InChI is InChI=1S/C16H27N3O3/c1-10-11(2)19(9-17-10)14-8-12(20)6-7-13(14)18-15(21)22-16(3,4)5/h9,12-14,20H,6-8H2,1-5H3,(H,18,21). The van der Waals surface area contributed by atoms with E-state index in [1.54, 1.807) is 6.33 Å². The van der Waals surface area contributed by atoms with Gasteiger partial charge >= 0.3 is 6.09 Å². The molecular weight excluding hydrogens is 282 g/mol. The Kier molecular flexibility index (Phi) is 4.80. The SMILES string of the molecule is Cc1ncn(C2CC(O)CCC2NC(=O)OC(C)(C)C)c1C. The minimum Gasteiger partial charge on any atom is -0.444 e. The van der Waals surface area contributed by atoms with Gasteiger partial charge in [0.15, 0.2) is 0 Å². The highest BCUT2D eigenvalue weighted by Gasteiger charge is 2.33. The Morgan fingerprint density at radius 2 is 2.09 bits per heavy atom. The fourth-order valence-corrected chi connectivity index (χ4v) is 2.91. The highest BCUT2D eigenvalue weighted by atomic mass is 16.6.